The first-order valence-electron chi connectivity index (χ1n) is 7.10. The molecule has 0 aliphatic carbocycles. The van der Waals surface area contributed by atoms with Crippen LogP contribution in [0.1, 0.15) is 16.1 Å². The summed E-state index contributed by atoms with van der Waals surface area (Å²) in [5, 5.41) is 3.86. The van der Waals surface area contributed by atoms with Crippen LogP contribution in [0.5, 0.6) is 5.75 Å². The zero-order chi connectivity index (χ0) is 16.4. The molecular weight excluding hydrogens is 356 g/mol. The number of rotatable bonds is 3. The Labute approximate surface area is 142 Å². The fourth-order valence-electron chi connectivity index (χ4n) is 2.37. The van der Waals surface area contributed by atoms with E-state index in [0.29, 0.717) is 11.3 Å². The van der Waals surface area contributed by atoms with Crippen LogP contribution in [-0.2, 0) is 0 Å². The van der Waals surface area contributed by atoms with Gasteiger partial charge in [-0.1, -0.05) is 6.07 Å². The van der Waals surface area contributed by atoms with Crippen molar-refractivity contribution in [2.75, 3.05) is 12.4 Å². The van der Waals surface area contributed by atoms with E-state index in [1.807, 2.05) is 37.3 Å². The first kappa shape index (κ1) is 15.5. The van der Waals surface area contributed by atoms with E-state index in [2.05, 4.69) is 26.2 Å². The van der Waals surface area contributed by atoms with Gasteiger partial charge in [-0.15, -0.1) is 0 Å². The molecule has 5 heteroatoms. The molecule has 0 spiro atoms. The van der Waals surface area contributed by atoms with E-state index in [1.54, 1.807) is 25.3 Å². The van der Waals surface area contributed by atoms with Crippen molar-refractivity contribution in [3.8, 4) is 5.75 Å². The fraction of sp³-hybridized carbons (Fsp3) is 0.111. The van der Waals surface area contributed by atoms with Crippen molar-refractivity contribution in [3.63, 3.8) is 0 Å². The fourth-order valence-corrected chi connectivity index (χ4v) is 2.91. The van der Waals surface area contributed by atoms with Gasteiger partial charge in [0.1, 0.15) is 5.75 Å². The number of carbonyl (C=O) groups excluding carboxylic acids is 1. The Bertz CT molecular complexity index is 893. The largest absolute Gasteiger partial charge is 0.496 e. The second kappa shape index (κ2) is 6.38. The third-order valence-electron chi connectivity index (χ3n) is 3.53. The molecular formula is C18H15BrN2O2. The van der Waals surface area contributed by atoms with Gasteiger partial charge in [0.2, 0.25) is 0 Å². The van der Waals surface area contributed by atoms with Crippen molar-refractivity contribution >= 4 is 38.4 Å². The molecule has 0 saturated carbocycles. The van der Waals surface area contributed by atoms with E-state index in [1.165, 1.54) is 0 Å². The van der Waals surface area contributed by atoms with Crippen LogP contribution in [0.3, 0.4) is 0 Å². The molecule has 3 rings (SSSR count). The number of benzene rings is 2. The Morgan fingerprint density at radius 2 is 2.00 bits per heavy atom. The van der Waals surface area contributed by atoms with Crippen molar-refractivity contribution < 1.29 is 9.53 Å². The number of ether oxygens (including phenoxy) is 1. The molecule has 0 aliphatic heterocycles. The smallest absolute Gasteiger partial charge is 0.255 e. The van der Waals surface area contributed by atoms with Gasteiger partial charge >= 0.3 is 0 Å². The number of amides is 1. The van der Waals surface area contributed by atoms with Gasteiger partial charge in [0, 0.05) is 16.6 Å². The van der Waals surface area contributed by atoms with Crippen LogP contribution in [0.2, 0.25) is 0 Å². The van der Waals surface area contributed by atoms with Crippen LogP contribution in [-0.4, -0.2) is 18.0 Å². The highest BCUT2D eigenvalue weighted by molar-refractivity contribution is 9.10. The summed E-state index contributed by atoms with van der Waals surface area (Å²) in [6.07, 6.45) is 0. The number of carbonyl (C=O) groups is 1. The highest BCUT2D eigenvalue weighted by Gasteiger charge is 2.11. The van der Waals surface area contributed by atoms with Crippen LogP contribution in [0.4, 0.5) is 5.69 Å². The molecule has 0 fully saturated rings. The Kier molecular flexibility index (Phi) is 4.30. The average Bonchev–Trinajstić information content (AvgIpc) is 2.54. The maximum absolute atomic E-state index is 12.5. The number of anilines is 1. The average molecular weight is 371 g/mol. The van der Waals surface area contributed by atoms with Gasteiger partial charge < -0.3 is 10.1 Å². The highest BCUT2D eigenvalue weighted by atomic mass is 79.9. The molecule has 0 aliphatic rings. The predicted octanol–water partition coefficient (Wildman–Crippen LogP) is 4.57. The van der Waals surface area contributed by atoms with Crippen LogP contribution in [0, 0.1) is 6.92 Å². The number of hydrogen-bond acceptors (Lipinski definition) is 3. The van der Waals surface area contributed by atoms with Crippen molar-refractivity contribution in [2.45, 2.75) is 6.92 Å². The summed E-state index contributed by atoms with van der Waals surface area (Å²) in [4.78, 5) is 17.0. The molecule has 3 aromatic rings. The van der Waals surface area contributed by atoms with E-state index < -0.39 is 0 Å². The number of nitrogens with one attached hydrogen (secondary N) is 1. The lowest BCUT2D eigenvalue weighted by Crippen LogP contribution is -2.12. The van der Waals surface area contributed by atoms with Gasteiger partial charge in [-0.2, -0.15) is 0 Å². The number of hydrogen-bond donors (Lipinski definition) is 1. The summed E-state index contributed by atoms with van der Waals surface area (Å²) in [6.45, 7) is 1.94. The number of methoxy groups -OCH3 is 1. The molecule has 116 valence electrons. The first-order valence-corrected chi connectivity index (χ1v) is 7.89. The van der Waals surface area contributed by atoms with Gasteiger partial charge in [-0.25, -0.2) is 0 Å². The Morgan fingerprint density at radius 1 is 1.17 bits per heavy atom. The number of aromatic nitrogens is 1. The Balaban J connectivity index is 1.93. The summed E-state index contributed by atoms with van der Waals surface area (Å²) < 4.78 is 5.92. The van der Waals surface area contributed by atoms with Gasteiger partial charge in [0.05, 0.1) is 22.8 Å². The molecule has 0 saturated heterocycles. The number of pyridine rings is 1. The zero-order valence-corrected chi connectivity index (χ0v) is 14.3. The second-order valence-corrected chi connectivity index (χ2v) is 5.98. The normalized spacial score (nSPS) is 10.6. The molecule has 1 aromatic heterocycles. The number of aryl methyl sites for hydroxylation is 1. The zero-order valence-electron chi connectivity index (χ0n) is 12.8. The number of fused-ring (bicyclic) bond motifs is 1. The lowest BCUT2D eigenvalue weighted by atomic mass is 10.1. The third-order valence-corrected chi connectivity index (χ3v) is 4.15. The molecule has 23 heavy (non-hydrogen) atoms. The minimum absolute atomic E-state index is 0.179. The van der Waals surface area contributed by atoms with Gasteiger partial charge in [0.15, 0.2) is 0 Å². The number of nitrogens with zero attached hydrogens (tertiary/aromatic N) is 1. The topological polar surface area (TPSA) is 51.2 Å². The van der Waals surface area contributed by atoms with Gasteiger partial charge in [0.25, 0.3) is 5.91 Å². The molecule has 0 atom stereocenters. The molecule has 0 unspecified atom stereocenters. The Hall–Kier alpha value is -2.40. The van der Waals surface area contributed by atoms with E-state index in [0.717, 1.165) is 26.8 Å². The Morgan fingerprint density at radius 3 is 2.74 bits per heavy atom. The van der Waals surface area contributed by atoms with Crippen LogP contribution in [0.25, 0.3) is 10.9 Å². The molecule has 1 heterocycles. The summed E-state index contributed by atoms with van der Waals surface area (Å²) >= 11 is 3.39. The maximum atomic E-state index is 12.5. The van der Waals surface area contributed by atoms with Crippen LogP contribution >= 0.6 is 15.9 Å². The summed E-state index contributed by atoms with van der Waals surface area (Å²) in [5.74, 6) is 0.507. The van der Waals surface area contributed by atoms with E-state index >= 15 is 0 Å². The summed E-state index contributed by atoms with van der Waals surface area (Å²) in [5.41, 5.74) is 3.10. The molecule has 1 amide bonds. The minimum atomic E-state index is -0.179. The molecule has 4 nitrogen and oxygen atoms in total. The summed E-state index contributed by atoms with van der Waals surface area (Å²) in [7, 11) is 1.59. The third kappa shape index (κ3) is 3.19. The highest BCUT2D eigenvalue weighted by Crippen LogP contribution is 2.27. The molecule has 0 bridgehead atoms. The predicted molar refractivity (Wildman–Crippen MR) is 95.1 cm³/mol. The van der Waals surface area contributed by atoms with Crippen molar-refractivity contribution in [3.05, 3.63) is 64.3 Å². The van der Waals surface area contributed by atoms with Gasteiger partial charge in [-0.3, -0.25) is 9.78 Å². The maximum Gasteiger partial charge on any atom is 0.255 e. The van der Waals surface area contributed by atoms with Crippen LogP contribution < -0.4 is 10.1 Å². The minimum Gasteiger partial charge on any atom is -0.496 e. The first-order chi connectivity index (χ1) is 11.1. The van der Waals surface area contributed by atoms with Crippen molar-refractivity contribution in [1.29, 1.82) is 0 Å². The molecule has 0 radical (unpaired) electrons. The quantitative estimate of drug-likeness (QED) is 0.734. The lowest BCUT2D eigenvalue weighted by molar-refractivity contribution is 0.102. The SMILES string of the molecule is COc1ccc(C(=O)Nc2cccc3nc(C)ccc23)cc1Br. The second-order valence-electron chi connectivity index (χ2n) is 5.13. The van der Waals surface area contributed by atoms with E-state index in [-0.39, 0.29) is 5.91 Å². The monoisotopic (exact) mass is 370 g/mol. The molecule has 2 aromatic carbocycles. The van der Waals surface area contributed by atoms with E-state index in [4.69, 9.17) is 4.74 Å². The van der Waals surface area contributed by atoms with Crippen LogP contribution in [0.15, 0.2) is 53.0 Å². The summed E-state index contributed by atoms with van der Waals surface area (Å²) in [6, 6.07) is 14.8. The van der Waals surface area contributed by atoms with Crippen molar-refractivity contribution in [2.24, 2.45) is 0 Å². The van der Waals surface area contributed by atoms with Gasteiger partial charge in [-0.05, 0) is 65.3 Å². The molecule has 1 N–H and O–H groups in total. The lowest BCUT2D eigenvalue weighted by Gasteiger charge is -2.10. The standard InChI is InChI=1S/C18H15BrN2O2/c1-11-6-8-13-15(20-11)4-3-5-16(13)21-18(22)12-7-9-17(23-2)14(19)10-12/h3-10H,1-2H3,(H,21,22). The number of halogens is 1. The van der Waals surface area contributed by atoms with Crippen molar-refractivity contribution in [1.82, 2.24) is 4.98 Å². The van der Waals surface area contributed by atoms with E-state index in [9.17, 15) is 4.79 Å².